The SMILES string of the molecule is COc1ccccc1CNC(=O)CNS(=O)(=O)c1cc(C)ccc1OC. The third kappa shape index (κ3) is 4.96. The molecule has 2 N–H and O–H groups in total. The molecule has 0 bridgehead atoms. The number of nitrogens with one attached hydrogen (secondary N) is 2. The Bertz CT molecular complexity index is 881. The highest BCUT2D eigenvalue weighted by atomic mass is 32.2. The fourth-order valence-electron chi connectivity index (χ4n) is 2.34. The van der Waals surface area contributed by atoms with Gasteiger partial charge in [-0.2, -0.15) is 0 Å². The first kappa shape index (κ1) is 19.7. The van der Waals surface area contributed by atoms with Gasteiger partial charge in [0, 0.05) is 12.1 Å². The van der Waals surface area contributed by atoms with Crippen molar-refractivity contribution >= 4 is 15.9 Å². The average molecular weight is 378 g/mol. The van der Waals surface area contributed by atoms with Crippen molar-refractivity contribution in [1.82, 2.24) is 10.0 Å². The van der Waals surface area contributed by atoms with Crippen molar-refractivity contribution in [2.75, 3.05) is 20.8 Å². The second-order valence-corrected chi connectivity index (χ2v) is 7.30. The van der Waals surface area contributed by atoms with Gasteiger partial charge in [0.25, 0.3) is 0 Å². The molecule has 140 valence electrons. The van der Waals surface area contributed by atoms with Crippen molar-refractivity contribution in [2.45, 2.75) is 18.4 Å². The lowest BCUT2D eigenvalue weighted by atomic mass is 10.2. The molecule has 0 atom stereocenters. The Kier molecular flexibility index (Phi) is 6.59. The zero-order valence-corrected chi connectivity index (χ0v) is 15.7. The molecule has 0 aliphatic rings. The zero-order valence-electron chi connectivity index (χ0n) is 14.9. The normalized spacial score (nSPS) is 11.0. The van der Waals surface area contributed by atoms with Crippen LogP contribution in [0.3, 0.4) is 0 Å². The van der Waals surface area contributed by atoms with E-state index in [4.69, 9.17) is 9.47 Å². The van der Waals surface area contributed by atoms with Crippen molar-refractivity contribution in [3.63, 3.8) is 0 Å². The predicted octanol–water partition coefficient (Wildman–Crippen LogP) is 1.61. The molecule has 2 rings (SSSR count). The molecule has 0 radical (unpaired) electrons. The quantitative estimate of drug-likeness (QED) is 0.728. The molecular weight excluding hydrogens is 356 g/mol. The summed E-state index contributed by atoms with van der Waals surface area (Å²) in [7, 11) is -0.939. The van der Waals surface area contributed by atoms with Gasteiger partial charge in [-0.25, -0.2) is 13.1 Å². The number of sulfonamides is 1. The van der Waals surface area contributed by atoms with Crippen molar-refractivity contribution < 1.29 is 22.7 Å². The third-order valence-electron chi connectivity index (χ3n) is 3.70. The lowest BCUT2D eigenvalue weighted by Gasteiger charge is -2.12. The number of benzene rings is 2. The lowest BCUT2D eigenvalue weighted by Crippen LogP contribution is -2.36. The van der Waals surface area contributed by atoms with E-state index in [9.17, 15) is 13.2 Å². The van der Waals surface area contributed by atoms with Gasteiger partial charge in [-0.1, -0.05) is 24.3 Å². The standard InChI is InChI=1S/C18H22N2O5S/c1-13-8-9-16(25-3)17(10-13)26(22,23)20-12-18(21)19-11-14-6-4-5-7-15(14)24-2/h4-10,20H,11-12H2,1-3H3,(H,19,21). The van der Waals surface area contributed by atoms with Crippen LogP contribution in [0, 0.1) is 6.92 Å². The van der Waals surface area contributed by atoms with Crippen LogP contribution in [0.1, 0.15) is 11.1 Å². The van der Waals surface area contributed by atoms with Gasteiger partial charge < -0.3 is 14.8 Å². The van der Waals surface area contributed by atoms with E-state index in [-0.39, 0.29) is 23.7 Å². The molecule has 0 spiro atoms. The number of ether oxygens (including phenoxy) is 2. The number of rotatable bonds is 8. The van der Waals surface area contributed by atoms with Crippen LogP contribution in [0.2, 0.25) is 0 Å². The number of amides is 1. The number of aryl methyl sites for hydroxylation is 1. The van der Waals surface area contributed by atoms with E-state index in [2.05, 4.69) is 10.0 Å². The second-order valence-electron chi connectivity index (χ2n) is 5.57. The van der Waals surface area contributed by atoms with Crippen LogP contribution in [0.4, 0.5) is 0 Å². The summed E-state index contributed by atoms with van der Waals surface area (Å²) in [5, 5.41) is 2.66. The van der Waals surface area contributed by atoms with Gasteiger partial charge in [0.15, 0.2) is 0 Å². The summed E-state index contributed by atoms with van der Waals surface area (Å²) >= 11 is 0. The van der Waals surface area contributed by atoms with Crippen LogP contribution < -0.4 is 19.5 Å². The third-order valence-corrected chi connectivity index (χ3v) is 5.12. The molecule has 0 saturated carbocycles. The highest BCUT2D eigenvalue weighted by molar-refractivity contribution is 7.89. The molecular formula is C18H22N2O5S. The Labute approximate surface area is 153 Å². The molecule has 2 aromatic rings. The highest BCUT2D eigenvalue weighted by Crippen LogP contribution is 2.24. The Morgan fingerprint density at radius 2 is 1.73 bits per heavy atom. The van der Waals surface area contributed by atoms with E-state index < -0.39 is 15.9 Å². The van der Waals surface area contributed by atoms with Gasteiger partial charge >= 0.3 is 0 Å². The highest BCUT2D eigenvalue weighted by Gasteiger charge is 2.20. The molecule has 0 aromatic heterocycles. The van der Waals surface area contributed by atoms with Crippen LogP contribution in [0.25, 0.3) is 0 Å². The lowest BCUT2D eigenvalue weighted by molar-refractivity contribution is -0.120. The predicted molar refractivity (Wildman–Crippen MR) is 97.8 cm³/mol. The van der Waals surface area contributed by atoms with E-state index in [1.807, 2.05) is 18.2 Å². The summed E-state index contributed by atoms with van der Waals surface area (Å²) < 4.78 is 37.5. The molecule has 1 amide bonds. The van der Waals surface area contributed by atoms with Crippen molar-refractivity contribution in [3.05, 3.63) is 53.6 Å². The maximum absolute atomic E-state index is 12.5. The monoisotopic (exact) mass is 378 g/mol. The Morgan fingerprint density at radius 1 is 1.04 bits per heavy atom. The minimum Gasteiger partial charge on any atom is -0.496 e. The summed E-state index contributed by atoms with van der Waals surface area (Å²) in [6.45, 7) is 1.63. The van der Waals surface area contributed by atoms with Crippen LogP contribution in [-0.4, -0.2) is 35.1 Å². The van der Waals surface area contributed by atoms with Crippen LogP contribution in [-0.2, 0) is 21.4 Å². The number of hydrogen-bond donors (Lipinski definition) is 2. The van der Waals surface area contributed by atoms with Gasteiger partial charge in [-0.05, 0) is 30.7 Å². The molecule has 0 fully saturated rings. The van der Waals surface area contributed by atoms with Gasteiger partial charge in [0.05, 0.1) is 20.8 Å². The minimum atomic E-state index is -3.88. The van der Waals surface area contributed by atoms with Crippen LogP contribution in [0.15, 0.2) is 47.4 Å². The molecule has 0 unspecified atom stereocenters. The number of hydrogen-bond acceptors (Lipinski definition) is 5. The van der Waals surface area contributed by atoms with Crippen molar-refractivity contribution in [2.24, 2.45) is 0 Å². The number of carbonyl (C=O) groups is 1. The number of carbonyl (C=O) groups excluding carboxylic acids is 1. The number of para-hydroxylation sites is 1. The van der Waals surface area contributed by atoms with Gasteiger partial charge in [0.1, 0.15) is 16.4 Å². The largest absolute Gasteiger partial charge is 0.496 e. The first-order valence-electron chi connectivity index (χ1n) is 7.90. The molecule has 2 aromatic carbocycles. The molecule has 0 aliphatic carbocycles. The van der Waals surface area contributed by atoms with Crippen LogP contribution >= 0.6 is 0 Å². The van der Waals surface area contributed by atoms with E-state index in [0.717, 1.165) is 11.1 Å². The topological polar surface area (TPSA) is 93.7 Å². The Morgan fingerprint density at radius 3 is 2.42 bits per heavy atom. The average Bonchev–Trinajstić information content (AvgIpc) is 2.65. The van der Waals surface area contributed by atoms with Crippen molar-refractivity contribution in [3.8, 4) is 11.5 Å². The number of methoxy groups -OCH3 is 2. The second kappa shape index (κ2) is 8.68. The summed E-state index contributed by atoms with van der Waals surface area (Å²) in [5.74, 6) is 0.418. The Hall–Kier alpha value is -2.58. The van der Waals surface area contributed by atoms with Gasteiger partial charge in [-0.3, -0.25) is 4.79 Å². The molecule has 7 nitrogen and oxygen atoms in total. The first-order valence-corrected chi connectivity index (χ1v) is 9.38. The summed E-state index contributed by atoms with van der Waals surface area (Å²) in [4.78, 5) is 12.0. The fraction of sp³-hybridized carbons (Fsp3) is 0.278. The Balaban J connectivity index is 1.99. The molecule has 0 aliphatic heterocycles. The fourth-order valence-corrected chi connectivity index (χ4v) is 3.57. The van der Waals surface area contributed by atoms with E-state index >= 15 is 0 Å². The van der Waals surface area contributed by atoms with E-state index in [0.29, 0.717) is 5.75 Å². The van der Waals surface area contributed by atoms with Crippen LogP contribution in [0.5, 0.6) is 11.5 Å². The molecule has 26 heavy (non-hydrogen) atoms. The molecule has 0 heterocycles. The first-order chi connectivity index (χ1) is 12.4. The minimum absolute atomic E-state index is 0.00229. The summed E-state index contributed by atoms with van der Waals surface area (Å²) in [6, 6.07) is 12.1. The molecule has 0 saturated heterocycles. The maximum Gasteiger partial charge on any atom is 0.244 e. The van der Waals surface area contributed by atoms with Crippen molar-refractivity contribution in [1.29, 1.82) is 0 Å². The van der Waals surface area contributed by atoms with Gasteiger partial charge in [0.2, 0.25) is 15.9 Å². The van der Waals surface area contributed by atoms with E-state index in [1.165, 1.54) is 13.2 Å². The van der Waals surface area contributed by atoms with E-state index in [1.54, 1.807) is 32.2 Å². The zero-order chi connectivity index (χ0) is 19.2. The van der Waals surface area contributed by atoms with Gasteiger partial charge in [-0.15, -0.1) is 0 Å². The maximum atomic E-state index is 12.5. The summed E-state index contributed by atoms with van der Waals surface area (Å²) in [6.07, 6.45) is 0. The summed E-state index contributed by atoms with van der Waals surface area (Å²) in [5.41, 5.74) is 1.57. The molecule has 8 heteroatoms. The smallest absolute Gasteiger partial charge is 0.244 e.